The van der Waals surface area contributed by atoms with Crippen LogP contribution in [-0.2, 0) is 4.74 Å². The molecule has 0 radical (unpaired) electrons. The van der Waals surface area contributed by atoms with Crippen molar-refractivity contribution in [1.82, 2.24) is 10.3 Å². The summed E-state index contributed by atoms with van der Waals surface area (Å²) < 4.78 is 5.73. The topological polar surface area (TPSA) is 34.1 Å². The molecule has 2 aromatic rings. The summed E-state index contributed by atoms with van der Waals surface area (Å²) in [6, 6.07) is 10.8. The predicted molar refractivity (Wildman–Crippen MR) is 83.9 cm³/mol. The van der Waals surface area contributed by atoms with Gasteiger partial charge in [0.2, 0.25) is 0 Å². The Labute approximate surface area is 121 Å². The maximum Gasteiger partial charge on any atom is 0.0702 e. The van der Waals surface area contributed by atoms with E-state index in [4.69, 9.17) is 4.74 Å². The molecule has 0 fully saturated rings. The molecule has 0 saturated heterocycles. The van der Waals surface area contributed by atoms with E-state index in [9.17, 15) is 0 Å². The lowest BCUT2D eigenvalue weighted by atomic mass is 10.0. The average Bonchev–Trinajstić information content (AvgIpc) is 2.50. The van der Waals surface area contributed by atoms with Gasteiger partial charge in [-0.25, -0.2) is 0 Å². The third kappa shape index (κ3) is 4.02. The molecular weight excluding hydrogens is 248 g/mol. The van der Waals surface area contributed by atoms with Gasteiger partial charge in [0, 0.05) is 18.2 Å². The molecule has 3 nitrogen and oxygen atoms in total. The SMILES string of the molecule is CCCNC(COCCC)c1ccc2ncccc2c1. The molecule has 0 spiro atoms. The van der Waals surface area contributed by atoms with Gasteiger partial charge in [0.25, 0.3) is 0 Å². The third-order valence-electron chi connectivity index (χ3n) is 3.30. The minimum absolute atomic E-state index is 0.256. The van der Waals surface area contributed by atoms with Crippen molar-refractivity contribution in [2.45, 2.75) is 32.7 Å². The summed E-state index contributed by atoms with van der Waals surface area (Å²) in [5.74, 6) is 0. The second kappa shape index (κ2) is 7.98. The first-order valence-electron chi connectivity index (χ1n) is 7.51. The van der Waals surface area contributed by atoms with E-state index in [-0.39, 0.29) is 6.04 Å². The number of aromatic nitrogens is 1. The van der Waals surface area contributed by atoms with Crippen molar-refractivity contribution in [2.24, 2.45) is 0 Å². The van der Waals surface area contributed by atoms with Gasteiger partial charge in [0.1, 0.15) is 0 Å². The summed E-state index contributed by atoms with van der Waals surface area (Å²) in [4.78, 5) is 4.37. The lowest BCUT2D eigenvalue weighted by Crippen LogP contribution is -2.26. The molecule has 1 heterocycles. The predicted octanol–water partition coefficient (Wildman–Crippen LogP) is 3.70. The van der Waals surface area contributed by atoms with E-state index in [1.165, 1.54) is 10.9 Å². The molecule has 0 aliphatic heterocycles. The van der Waals surface area contributed by atoms with Crippen LogP contribution in [0.1, 0.15) is 38.3 Å². The highest BCUT2D eigenvalue weighted by Gasteiger charge is 2.11. The summed E-state index contributed by atoms with van der Waals surface area (Å²) in [6.45, 7) is 6.86. The lowest BCUT2D eigenvalue weighted by Gasteiger charge is -2.19. The first-order valence-corrected chi connectivity index (χ1v) is 7.51. The van der Waals surface area contributed by atoms with E-state index in [2.05, 4.69) is 48.4 Å². The Morgan fingerprint density at radius 2 is 2.10 bits per heavy atom. The van der Waals surface area contributed by atoms with E-state index >= 15 is 0 Å². The fourth-order valence-corrected chi connectivity index (χ4v) is 2.25. The van der Waals surface area contributed by atoms with E-state index in [0.717, 1.165) is 38.1 Å². The smallest absolute Gasteiger partial charge is 0.0702 e. The first kappa shape index (κ1) is 14.9. The van der Waals surface area contributed by atoms with Gasteiger partial charge in [-0.15, -0.1) is 0 Å². The maximum atomic E-state index is 5.73. The Morgan fingerprint density at radius 1 is 1.20 bits per heavy atom. The van der Waals surface area contributed by atoms with Crippen LogP contribution in [0.3, 0.4) is 0 Å². The molecule has 0 amide bonds. The largest absolute Gasteiger partial charge is 0.379 e. The molecule has 1 N–H and O–H groups in total. The van der Waals surface area contributed by atoms with Crippen LogP contribution in [0.4, 0.5) is 0 Å². The van der Waals surface area contributed by atoms with Crippen molar-refractivity contribution < 1.29 is 4.74 Å². The summed E-state index contributed by atoms with van der Waals surface area (Å²) in [6.07, 6.45) is 4.01. The van der Waals surface area contributed by atoms with Crippen molar-refractivity contribution in [1.29, 1.82) is 0 Å². The zero-order valence-electron chi connectivity index (χ0n) is 12.4. The zero-order chi connectivity index (χ0) is 14.2. The minimum Gasteiger partial charge on any atom is -0.379 e. The minimum atomic E-state index is 0.256. The summed E-state index contributed by atoms with van der Waals surface area (Å²) in [7, 11) is 0. The summed E-state index contributed by atoms with van der Waals surface area (Å²) in [5.41, 5.74) is 2.31. The molecule has 1 atom stereocenters. The second-order valence-electron chi connectivity index (χ2n) is 5.04. The fourth-order valence-electron chi connectivity index (χ4n) is 2.25. The van der Waals surface area contributed by atoms with Gasteiger partial charge in [-0.2, -0.15) is 0 Å². The van der Waals surface area contributed by atoms with Gasteiger partial charge in [-0.05, 0) is 43.1 Å². The fraction of sp³-hybridized carbons (Fsp3) is 0.471. The average molecular weight is 272 g/mol. The van der Waals surface area contributed by atoms with Gasteiger partial charge >= 0.3 is 0 Å². The van der Waals surface area contributed by atoms with E-state index in [0.29, 0.717) is 0 Å². The number of hydrogen-bond donors (Lipinski definition) is 1. The Hall–Kier alpha value is -1.45. The highest BCUT2D eigenvalue weighted by Crippen LogP contribution is 2.19. The maximum absolute atomic E-state index is 5.73. The molecule has 1 aromatic heterocycles. The van der Waals surface area contributed by atoms with E-state index in [1.807, 2.05) is 12.3 Å². The van der Waals surface area contributed by atoms with Gasteiger partial charge in [0.15, 0.2) is 0 Å². The summed E-state index contributed by atoms with van der Waals surface area (Å²) in [5, 5.41) is 4.75. The van der Waals surface area contributed by atoms with Crippen molar-refractivity contribution in [3.8, 4) is 0 Å². The third-order valence-corrected chi connectivity index (χ3v) is 3.30. The van der Waals surface area contributed by atoms with Crippen LogP contribution in [0.25, 0.3) is 10.9 Å². The van der Waals surface area contributed by atoms with Crippen LogP contribution < -0.4 is 5.32 Å². The van der Waals surface area contributed by atoms with Crippen molar-refractivity contribution in [3.63, 3.8) is 0 Å². The van der Waals surface area contributed by atoms with Crippen molar-refractivity contribution in [3.05, 3.63) is 42.1 Å². The molecule has 1 aromatic carbocycles. The Balaban J connectivity index is 2.15. The van der Waals surface area contributed by atoms with E-state index < -0.39 is 0 Å². The molecule has 0 bridgehead atoms. The Morgan fingerprint density at radius 3 is 2.90 bits per heavy atom. The Bertz CT molecular complexity index is 527. The molecule has 20 heavy (non-hydrogen) atoms. The van der Waals surface area contributed by atoms with Gasteiger partial charge < -0.3 is 10.1 Å². The van der Waals surface area contributed by atoms with Crippen molar-refractivity contribution >= 4 is 10.9 Å². The van der Waals surface area contributed by atoms with Crippen LogP contribution in [0.5, 0.6) is 0 Å². The first-order chi connectivity index (χ1) is 9.85. The van der Waals surface area contributed by atoms with Gasteiger partial charge in [0.05, 0.1) is 18.2 Å². The van der Waals surface area contributed by atoms with Crippen LogP contribution in [-0.4, -0.2) is 24.7 Å². The molecule has 0 aliphatic carbocycles. The monoisotopic (exact) mass is 272 g/mol. The molecular formula is C17H24N2O. The number of rotatable bonds is 8. The highest BCUT2D eigenvalue weighted by atomic mass is 16.5. The molecule has 2 rings (SSSR count). The number of fused-ring (bicyclic) bond motifs is 1. The van der Waals surface area contributed by atoms with Crippen LogP contribution in [0, 0.1) is 0 Å². The van der Waals surface area contributed by atoms with Crippen LogP contribution in [0.2, 0.25) is 0 Å². The lowest BCUT2D eigenvalue weighted by molar-refractivity contribution is 0.112. The quantitative estimate of drug-likeness (QED) is 0.744. The zero-order valence-corrected chi connectivity index (χ0v) is 12.4. The number of benzene rings is 1. The number of hydrogen-bond acceptors (Lipinski definition) is 3. The Kier molecular flexibility index (Phi) is 5.96. The number of pyridine rings is 1. The number of nitrogens with one attached hydrogen (secondary N) is 1. The second-order valence-corrected chi connectivity index (χ2v) is 5.04. The normalized spacial score (nSPS) is 12.7. The molecule has 3 heteroatoms. The van der Waals surface area contributed by atoms with Gasteiger partial charge in [-0.1, -0.05) is 26.0 Å². The highest BCUT2D eigenvalue weighted by molar-refractivity contribution is 5.79. The van der Waals surface area contributed by atoms with Crippen LogP contribution >= 0.6 is 0 Å². The molecule has 0 aliphatic rings. The number of ether oxygens (including phenoxy) is 1. The van der Waals surface area contributed by atoms with Crippen LogP contribution in [0.15, 0.2) is 36.5 Å². The molecule has 0 saturated carbocycles. The molecule has 108 valence electrons. The van der Waals surface area contributed by atoms with E-state index in [1.54, 1.807) is 0 Å². The molecule has 1 unspecified atom stereocenters. The number of nitrogens with zero attached hydrogens (tertiary/aromatic N) is 1. The summed E-state index contributed by atoms with van der Waals surface area (Å²) >= 11 is 0. The van der Waals surface area contributed by atoms with Crippen molar-refractivity contribution in [2.75, 3.05) is 19.8 Å². The van der Waals surface area contributed by atoms with Gasteiger partial charge in [-0.3, -0.25) is 4.98 Å². The standard InChI is InChI=1S/C17H24N2O/c1-3-9-18-17(13-20-11-4-2)15-7-8-16-14(12-15)6-5-10-19-16/h5-8,10,12,17-18H,3-4,9,11,13H2,1-2H3.